The summed E-state index contributed by atoms with van der Waals surface area (Å²) in [6.45, 7) is 12.0. The fraction of sp³-hybridized carbons (Fsp3) is 1.00. The van der Waals surface area contributed by atoms with Crippen LogP contribution in [0.15, 0.2) is 0 Å². The summed E-state index contributed by atoms with van der Waals surface area (Å²) in [6, 6.07) is 1.31. The Morgan fingerprint density at radius 1 is 1.44 bits per heavy atom. The molecular formula is C13H28N2O. The topological polar surface area (TPSA) is 24.5 Å². The fourth-order valence-corrected chi connectivity index (χ4v) is 2.37. The number of nitrogens with one attached hydrogen (secondary N) is 1. The van der Waals surface area contributed by atoms with E-state index >= 15 is 0 Å². The van der Waals surface area contributed by atoms with E-state index in [0.717, 1.165) is 26.3 Å². The van der Waals surface area contributed by atoms with E-state index < -0.39 is 0 Å². The smallest absolute Gasteiger partial charge is 0.0619 e. The molecule has 1 aliphatic rings. The second-order valence-corrected chi connectivity index (χ2v) is 4.76. The Bertz CT molecular complexity index is 175. The van der Waals surface area contributed by atoms with E-state index in [2.05, 4.69) is 31.0 Å². The van der Waals surface area contributed by atoms with Gasteiger partial charge in [0, 0.05) is 18.6 Å². The second-order valence-electron chi connectivity index (χ2n) is 4.76. The average Bonchev–Trinajstić information content (AvgIpc) is 2.30. The lowest BCUT2D eigenvalue weighted by Gasteiger charge is -2.33. The van der Waals surface area contributed by atoms with Gasteiger partial charge in [-0.15, -0.1) is 0 Å². The molecule has 0 bridgehead atoms. The Kier molecular flexibility index (Phi) is 7.01. The van der Waals surface area contributed by atoms with E-state index in [0.29, 0.717) is 12.1 Å². The first-order valence-electron chi connectivity index (χ1n) is 6.83. The molecule has 0 aromatic rings. The van der Waals surface area contributed by atoms with Gasteiger partial charge in [-0.25, -0.2) is 0 Å². The van der Waals surface area contributed by atoms with E-state index in [1.54, 1.807) is 0 Å². The number of morpholine rings is 1. The van der Waals surface area contributed by atoms with Crippen LogP contribution < -0.4 is 5.32 Å². The summed E-state index contributed by atoms with van der Waals surface area (Å²) in [5, 5.41) is 3.54. The van der Waals surface area contributed by atoms with Gasteiger partial charge in [0.2, 0.25) is 0 Å². The molecular weight excluding hydrogens is 200 g/mol. The zero-order valence-electron chi connectivity index (χ0n) is 11.2. The van der Waals surface area contributed by atoms with E-state index in [9.17, 15) is 0 Å². The van der Waals surface area contributed by atoms with Gasteiger partial charge in [0.05, 0.1) is 13.2 Å². The lowest BCUT2D eigenvalue weighted by molar-refractivity contribution is -0.00114. The van der Waals surface area contributed by atoms with Crippen molar-refractivity contribution in [2.75, 3.05) is 32.8 Å². The van der Waals surface area contributed by atoms with Crippen LogP contribution in [0.4, 0.5) is 0 Å². The van der Waals surface area contributed by atoms with Crippen molar-refractivity contribution in [2.24, 2.45) is 0 Å². The van der Waals surface area contributed by atoms with Gasteiger partial charge < -0.3 is 10.1 Å². The van der Waals surface area contributed by atoms with Crippen molar-refractivity contribution in [3.8, 4) is 0 Å². The number of hydrogen-bond acceptors (Lipinski definition) is 3. The van der Waals surface area contributed by atoms with Crippen LogP contribution in [0.3, 0.4) is 0 Å². The lowest BCUT2D eigenvalue weighted by Crippen LogP contribution is -2.44. The van der Waals surface area contributed by atoms with Crippen LogP contribution in [0.1, 0.15) is 40.0 Å². The molecule has 0 saturated carbocycles. The standard InChI is InChI=1S/C13H28N2O/c1-4-13(14-5-2)7-6-8-15-9-10-16-11-12(15)3/h12-14H,4-11H2,1-3H3. The lowest BCUT2D eigenvalue weighted by atomic mass is 10.1. The molecule has 0 spiro atoms. The van der Waals surface area contributed by atoms with Crippen molar-refractivity contribution in [1.29, 1.82) is 0 Å². The maximum Gasteiger partial charge on any atom is 0.0619 e. The van der Waals surface area contributed by atoms with Crippen LogP contribution >= 0.6 is 0 Å². The largest absolute Gasteiger partial charge is 0.379 e. The summed E-state index contributed by atoms with van der Waals surface area (Å²) < 4.78 is 5.45. The average molecular weight is 228 g/mol. The van der Waals surface area contributed by atoms with Crippen LogP contribution in [0.5, 0.6) is 0 Å². The Morgan fingerprint density at radius 3 is 2.88 bits per heavy atom. The molecule has 96 valence electrons. The summed E-state index contributed by atoms with van der Waals surface area (Å²) in [5.41, 5.74) is 0. The predicted molar refractivity (Wildman–Crippen MR) is 68.8 cm³/mol. The molecule has 0 aromatic carbocycles. The third kappa shape index (κ3) is 4.81. The highest BCUT2D eigenvalue weighted by Gasteiger charge is 2.18. The third-order valence-electron chi connectivity index (χ3n) is 3.49. The first-order chi connectivity index (χ1) is 7.77. The minimum Gasteiger partial charge on any atom is -0.379 e. The molecule has 1 aliphatic heterocycles. The molecule has 0 radical (unpaired) electrons. The first-order valence-corrected chi connectivity index (χ1v) is 6.83. The predicted octanol–water partition coefficient (Wildman–Crippen LogP) is 1.88. The van der Waals surface area contributed by atoms with E-state index in [4.69, 9.17) is 4.74 Å². The van der Waals surface area contributed by atoms with Crippen LogP contribution in [0.2, 0.25) is 0 Å². The van der Waals surface area contributed by atoms with Crippen LogP contribution in [-0.2, 0) is 4.74 Å². The normalized spacial score (nSPS) is 24.6. The van der Waals surface area contributed by atoms with Crippen LogP contribution in [-0.4, -0.2) is 49.8 Å². The van der Waals surface area contributed by atoms with Crippen LogP contribution in [0.25, 0.3) is 0 Å². The van der Waals surface area contributed by atoms with Gasteiger partial charge in [-0.2, -0.15) is 0 Å². The number of hydrogen-bond donors (Lipinski definition) is 1. The monoisotopic (exact) mass is 228 g/mol. The molecule has 2 atom stereocenters. The van der Waals surface area contributed by atoms with Gasteiger partial charge in [-0.05, 0) is 39.3 Å². The summed E-state index contributed by atoms with van der Waals surface area (Å²) in [7, 11) is 0. The van der Waals surface area contributed by atoms with Gasteiger partial charge in [0.1, 0.15) is 0 Å². The molecule has 0 aliphatic carbocycles. The highest BCUT2D eigenvalue weighted by atomic mass is 16.5. The van der Waals surface area contributed by atoms with Crippen molar-refractivity contribution >= 4 is 0 Å². The summed E-state index contributed by atoms with van der Waals surface area (Å²) >= 11 is 0. The minimum absolute atomic E-state index is 0.605. The van der Waals surface area contributed by atoms with E-state index in [1.165, 1.54) is 25.8 Å². The molecule has 1 fully saturated rings. The number of rotatable bonds is 7. The molecule has 3 nitrogen and oxygen atoms in total. The molecule has 3 heteroatoms. The Morgan fingerprint density at radius 2 is 2.25 bits per heavy atom. The van der Waals surface area contributed by atoms with Crippen molar-refractivity contribution < 1.29 is 4.74 Å². The van der Waals surface area contributed by atoms with Gasteiger partial charge >= 0.3 is 0 Å². The maximum absolute atomic E-state index is 5.45. The van der Waals surface area contributed by atoms with E-state index in [-0.39, 0.29) is 0 Å². The number of nitrogens with zero attached hydrogens (tertiary/aromatic N) is 1. The van der Waals surface area contributed by atoms with Gasteiger partial charge in [-0.3, -0.25) is 4.90 Å². The Hall–Kier alpha value is -0.120. The minimum atomic E-state index is 0.605. The van der Waals surface area contributed by atoms with Crippen molar-refractivity contribution in [2.45, 2.75) is 52.1 Å². The highest BCUT2D eigenvalue weighted by Crippen LogP contribution is 2.09. The Balaban J connectivity index is 2.13. The van der Waals surface area contributed by atoms with Crippen molar-refractivity contribution in [3.05, 3.63) is 0 Å². The van der Waals surface area contributed by atoms with Crippen molar-refractivity contribution in [1.82, 2.24) is 10.2 Å². The second kappa shape index (κ2) is 8.04. The maximum atomic E-state index is 5.45. The van der Waals surface area contributed by atoms with Gasteiger partial charge in [0.25, 0.3) is 0 Å². The zero-order valence-corrected chi connectivity index (χ0v) is 11.2. The first kappa shape index (κ1) is 13.9. The zero-order chi connectivity index (χ0) is 11.8. The molecule has 1 heterocycles. The SMILES string of the molecule is CCNC(CC)CCCN1CCOCC1C. The molecule has 16 heavy (non-hydrogen) atoms. The third-order valence-corrected chi connectivity index (χ3v) is 3.49. The summed E-state index contributed by atoms with van der Waals surface area (Å²) in [4.78, 5) is 2.56. The van der Waals surface area contributed by atoms with E-state index in [1.807, 2.05) is 0 Å². The number of ether oxygens (including phenoxy) is 1. The molecule has 2 unspecified atom stereocenters. The summed E-state index contributed by atoms with van der Waals surface area (Å²) in [6.07, 6.45) is 3.84. The molecule has 1 rings (SSSR count). The molecule has 1 N–H and O–H groups in total. The van der Waals surface area contributed by atoms with Crippen molar-refractivity contribution in [3.63, 3.8) is 0 Å². The van der Waals surface area contributed by atoms with Gasteiger partial charge in [0.15, 0.2) is 0 Å². The molecule has 0 amide bonds. The highest BCUT2D eigenvalue weighted by molar-refractivity contribution is 4.72. The fourth-order valence-electron chi connectivity index (χ4n) is 2.37. The molecule has 0 aromatic heterocycles. The van der Waals surface area contributed by atoms with Crippen LogP contribution in [0, 0.1) is 0 Å². The quantitative estimate of drug-likeness (QED) is 0.720. The molecule has 1 saturated heterocycles. The summed E-state index contributed by atoms with van der Waals surface area (Å²) in [5.74, 6) is 0. The van der Waals surface area contributed by atoms with Gasteiger partial charge in [-0.1, -0.05) is 13.8 Å². The Labute approximate surface area is 101 Å².